The van der Waals surface area contributed by atoms with Crippen molar-refractivity contribution in [3.05, 3.63) is 52.1 Å². The Balaban J connectivity index is 1.56. The van der Waals surface area contributed by atoms with Crippen LogP contribution < -0.4 is 15.8 Å². The molecule has 29 heavy (non-hydrogen) atoms. The molecule has 1 amide bonds. The molecule has 0 radical (unpaired) electrons. The van der Waals surface area contributed by atoms with Crippen molar-refractivity contribution in [2.24, 2.45) is 0 Å². The monoisotopic (exact) mass is 415 g/mol. The number of H-pyrrole nitrogens is 1. The number of carbonyl (C=O) groups excluding carboxylic acids is 1. The number of amides is 1. The van der Waals surface area contributed by atoms with Gasteiger partial charge in [-0.25, -0.2) is 14.4 Å². The lowest BCUT2D eigenvalue weighted by atomic mass is 10.1. The summed E-state index contributed by atoms with van der Waals surface area (Å²) in [5.41, 5.74) is -1.02. The third-order valence-corrected chi connectivity index (χ3v) is 5.92. The van der Waals surface area contributed by atoms with Crippen molar-refractivity contribution in [3.8, 4) is 0 Å². The van der Waals surface area contributed by atoms with E-state index in [1.165, 1.54) is 25.2 Å². The molecule has 152 valence electrons. The van der Waals surface area contributed by atoms with Gasteiger partial charge in [0.05, 0.1) is 0 Å². The van der Waals surface area contributed by atoms with Gasteiger partial charge in [-0.05, 0) is 32.3 Å². The standard InChI is InChI=1S/C20H22FN5O2S/c1-20(2,21)18-24-16(28)14-17(25-18)29-19(23-14)26-10-6-9-13(26)15(27)22-11-12-7-4-3-5-8-12/h3-5,7-8,13H,6,9-11H2,1-2H3,(H,22,27)(H,24,25,28). The maximum Gasteiger partial charge on any atom is 0.278 e. The Labute approximate surface area is 171 Å². The summed E-state index contributed by atoms with van der Waals surface area (Å²) in [6, 6.07) is 9.37. The molecule has 3 heterocycles. The smallest absolute Gasteiger partial charge is 0.278 e. The largest absolute Gasteiger partial charge is 0.350 e. The number of anilines is 1. The van der Waals surface area contributed by atoms with Crippen LogP contribution in [-0.2, 0) is 17.0 Å². The van der Waals surface area contributed by atoms with Crippen molar-refractivity contribution in [3.63, 3.8) is 0 Å². The van der Waals surface area contributed by atoms with Crippen LogP contribution in [-0.4, -0.2) is 33.4 Å². The van der Waals surface area contributed by atoms with Gasteiger partial charge in [0.2, 0.25) is 5.91 Å². The molecule has 0 saturated carbocycles. The van der Waals surface area contributed by atoms with Crippen LogP contribution in [0.15, 0.2) is 35.1 Å². The van der Waals surface area contributed by atoms with Crippen molar-refractivity contribution >= 4 is 32.7 Å². The molecule has 2 N–H and O–H groups in total. The van der Waals surface area contributed by atoms with Gasteiger partial charge in [-0.15, -0.1) is 0 Å². The van der Waals surface area contributed by atoms with E-state index in [0.29, 0.717) is 29.5 Å². The summed E-state index contributed by atoms with van der Waals surface area (Å²) >= 11 is 1.21. The highest BCUT2D eigenvalue weighted by atomic mass is 32.1. The second kappa shape index (κ2) is 7.55. The first kappa shape index (κ1) is 19.5. The van der Waals surface area contributed by atoms with Crippen molar-refractivity contribution in [2.45, 2.75) is 44.9 Å². The minimum atomic E-state index is -1.76. The minimum absolute atomic E-state index is 0.0243. The summed E-state index contributed by atoms with van der Waals surface area (Å²) in [5.74, 6) is -0.0955. The highest BCUT2D eigenvalue weighted by Crippen LogP contribution is 2.32. The third kappa shape index (κ3) is 4.00. The van der Waals surface area contributed by atoms with Gasteiger partial charge < -0.3 is 15.2 Å². The van der Waals surface area contributed by atoms with E-state index >= 15 is 0 Å². The van der Waals surface area contributed by atoms with E-state index in [2.05, 4.69) is 20.3 Å². The molecule has 1 aliphatic rings. The van der Waals surface area contributed by atoms with Gasteiger partial charge >= 0.3 is 0 Å². The van der Waals surface area contributed by atoms with E-state index in [1.807, 2.05) is 35.2 Å². The van der Waals surface area contributed by atoms with E-state index < -0.39 is 11.2 Å². The van der Waals surface area contributed by atoms with Gasteiger partial charge in [-0.1, -0.05) is 41.7 Å². The highest BCUT2D eigenvalue weighted by molar-refractivity contribution is 7.21. The molecule has 0 spiro atoms. The fraction of sp³-hybridized carbons (Fsp3) is 0.400. The first-order valence-corrected chi connectivity index (χ1v) is 10.3. The number of hydrogen-bond acceptors (Lipinski definition) is 6. The Morgan fingerprint density at radius 1 is 1.34 bits per heavy atom. The summed E-state index contributed by atoms with van der Waals surface area (Å²) in [4.78, 5) is 38.5. The van der Waals surface area contributed by atoms with Gasteiger partial charge in [-0.3, -0.25) is 9.59 Å². The summed E-state index contributed by atoms with van der Waals surface area (Å²) in [5, 5.41) is 3.54. The molecule has 0 aliphatic carbocycles. The first-order valence-electron chi connectivity index (χ1n) is 9.51. The number of aromatic nitrogens is 3. The summed E-state index contributed by atoms with van der Waals surface area (Å²) in [6.45, 7) is 3.81. The Kier molecular flexibility index (Phi) is 5.08. The number of nitrogens with one attached hydrogen (secondary N) is 2. The molecule has 1 aromatic carbocycles. The van der Waals surface area contributed by atoms with Crippen molar-refractivity contribution in [2.75, 3.05) is 11.4 Å². The molecule has 1 fully saturated rings. The van der Waals surface area contributed by atoms with Gasteiger partial charge in [-0.2, -0.15) is 0 Å². The number of rotatable bonds is 5. The van der Waals surface area contributed by atoms with Gasteiger partial charge in [0.1, 0.15) is 11.9 Å². The van der Waals surface area contributed by atoms with Crippen molar-refractivity contribution in [1.82, 2.24) is 20.3 Å². The van der Waals surface area contributed by atoms with Gasteiger partial charge in [0.15, 0.2) is 21.1 Å². The van der Waals surface area contributed by atoms with Crippen molar-refractivity contribution in [1.29, 1.82) is 0 Å². The maximum atomic E-state index is 14.2. The number of alkyl halides is 1. The van der Waals surface area contributed by atoms with Crippen LogP contribution >= 0.6 is 11.3 Å². The fourth-order valence-corrected chi connectivity index (χ4v) is 4.41. The highest BCUT2D eigenvalue weighted by Gasteiger charge is 2.33. The number of fused-ring (bicyclic) bond motifs is 1. The predicted molar refractivity (Wildman–Crippen MR) is 111 cm³/mol. The topological polar surface area (TPSA) is 91.0 Å². The summed E-state index contributed by atoms with van der Waals surface area (Å²) in [7, 11) is 0. The minimum Gasteiger partial charge on any atom is -0.350 e. The van der Waals surface area contributed by atoms with E-state index in [1.54, 1.807) is 0 Å². The fourth-order valence-electron chi connectivity index (χ4n) is 3.40. The molecule has 1 atom stereocenters. The summed E-state index contributed by atoms with van der Waals surface area (Å²) < 4.78 is 14.2. The van der Waals surface area contributed by atoms with Gasteiger partial charge in [0, 0.05) is 13.1 Å². The average Bonchev–Trinajstić information content (AvgIpc) is 3.33. The molecule has 1 aliphatic heterocycles. The molecular weight excluding hydrogens is 393 g/mol. The lowest BCUT2D eigenvalue weighted by molar-refractivity contribution is -0.122. The second-order valence-corrected chi connectivity index (χ2v) is 8.55. The number of thiazole rings is 1. The first-order chi connectivity index (χ1) is 13.8. The SMILES string of the molecule is CC(C)(F)c1nc2sc(N3CCCC3C(=O)NCc3ccccc3)nc2c(=O)[nH]1. The molecule has 1 unspecified atom stereocenters. The number of benzene rings is 1. The molecule has 4 rings (SSSR count). The number of halogens is 1. The maximum absolute atomic E-state index is 14.2. The van der Waals surface area contributed by atoms with Crippen LogP contribution in [0.2, 0.25) is 0 Å². The molecule has 3 aromatic rings. The normalized spacial score (nSPS) is 17.1. The zero-order valence-electron chi connectivity index (χ0n) is 16.2. The van der Waals surface area contributed by atoms with Crippen LogP contribution in [0.3, 0.4) is 0 Å². The quantitative estimate of drug-likeness (QED) is 0.669. The average molecular weight is 415 g/mol. The molecular formula is C20H22FN5O2S. The van der Waals surface area contributed by atoms with E-state index in [4.69, 9.17) is 0 Å². The molecule has 9 heteroatoms. The lowest BCUT2D eigenvalue weighted by Gasteiger charge is -2.23. The summed E-state index contributed by atoms with van der Waals surface area (Å²) in [6.07, 6.45) is 1.56. The van der Waals surface area contributed by atoms with Crippen LogP contribution in [0, 0.1) is 0 Å². The third-order valence-electron chi connectivity index (χ3n) is 4.93. The van der Waals surface area contributed by atoms with Crippen LogP contribution in [0.1, 0.15) is 38.1 Å². The molecule has 1 saturated heterocycles. The zero-order valence-corrected chi connectivity index (χ0v) is 17.1. The Morgan fingerprint density at radius 2 is 2.10 bits per heavy atom. The van der Waals surface area contributed by atoms with E-state index in [9.17, 15) is 14.0 Å². The lowest BCUT2D eigenvalue weighted by Crippen LogP contribution is -2.43. The number of nitrogens with zero attached hydrogens (tertiary/aromatic N) is 3. The predicted octanol–water partition coefficient (Wildman–Crippen LogP) is 2.87. The van der Waals surface area contributed by atoms with Crippen molar-refractivity contribution < 1.29 is 9.18 Å². The van der Waals surface area contributed by atoms with E-state index in [-0.39, 0.29) is 23.3 Å². The zero-order chi connectivity index (χ0) is 20.6. The Hall–Kier alpha value is -2.81. The number of hydrogen-bond donors (Lipinski definition) is 2. The van der Waals surface area contributed by atoms with Gasteiger partial charge in [0.25, 0.3) is 5.56 Å². The molecule has 2 aromatic heterocycles. The molecule has 7 nitrogen and oxygen atoms in total. The van der Waals surface area contributed by atoms with E-state index in [0.717, 1.165) is 12.0 Å². The van der Waals surface area contributed by atoms with Crippen LogP contribution in [0.25, 0.3) is 10.3 Å². The second-order valence-electron chi connectivity index (χ2n) is 7.59. The Morgan fingerprint density at radius 3 is 2.83 bits per heavy atom. The van der Waals surface area contributed by atoms with Crippen LogP contribution in [0.5, 0.6) is 0 Å². The van der Waals surface area contributed by atoms with Crippen LogP contribution in [0.4, 0.5) is 9.52 Å². The Bertz CT molecular complexity index is 1090. The number of carbonyl (C=O) groups is 1. The molecule has 0 bridgehead atoms. The number of aromatic amines is 1.